The number of ketones is 1. The molecule has 1 unspecified atom stereocenters. The van der Waals surface area contributed by atoms with E-state index in [0.29, 0.717) is 6.42 Å². The molecule has 0 aliphatic carbocycles. The molecule has 2 rings (SSSR count). The summed E-state index contributed by atoms with van der Waals surface area (Å²) in [6, 6.07) is 9.84. The van der Waals surface area contributed by atoms with Gasteiger partial charge >= 0.3 is 5.97 Å². The molecule has 5 heteroatoms. The lowest BCUT2D eigenvalue weighted by atomic mass is 9.79. The van der Waals surface area contributed by atoms with Gasteiger partial charge in [-0.05, 0) is 13.3 Å². The van der Waals surface area contributed by atoms with Gasteiger partial charge in [-0.1, -0.05) is 62.9 Å². The van der Waals surface area contributed by atoms with Crippen molar-refractivity contribution in [2.24, 2.45) is 5.41 Å². The summed E-state index contributed by atoms with van der Waals surface area (Å²) in [5.41, 5.74) is 0.767. The second-order valence-corrected chi connectivity index (χ2v) is 7.94. The molecule has 0 saturated heterocycles. The minimum absolute atomic E-state index is 0.0599. The van der Waals surface area contributed by atoms with Crippen molar-refractivity contribution in [1.29, 1.82) is 0 Å². The minimum atomic E-state index is -0.983. The Bertz CT molecular complexity index is 726. The van der Waals surface area contributed by atoms with Gasteiger partial charge in [0.2, 0.25) is 0 Å². The Morgan fingerprint density at radius 2 is 1.88 bits per heavy atom. The highest BCUT2D eigenvalue weighted by Gasteiger charge is 2.35. The van der Waals surface area contributed by atoms with Crippen molar-refractivity contribution in [3.8, 4) is 10.6 Å². The second-order valence-electron chi connectivity index (χ2n) is 7.08. The predicted molar refractivity (Wildman–Crippen MR) is 105 cm³/mol. The number of unbranched alkanes of at least 4 members (excludes halogenated alkanes) is 3. The van der Waals surface area contributed by atoms with E-state index in [-0.39, 0.29) is 18.6 Å². The predicted octanol–water partition coefficient (Wildman–Crippen LogP) is 5.37. The number of Topliss-reactive ketones (excluding diaryl/α,β-unsaturated/α-hetero) is 1. The Kier molecular flexibility index (Phi) is 7.51. The monoisotopic (exact) mass is 373 g/mol. The lowest BCUT2D eigenvalue weighted by molar-refractivity contribution is -0.151. The summed E-state index contributed by atoms with van der Waals surface area (Å²) >= 11 is 1.51. The molecule has 0 radical (unpaired) electrons. The fourth-order valence-corrected chi connectivity index (χ4v) is 3.84. The van der Waals surface area contributed by atoms with Crippen LogP contribution in [-0.2, 0) is 16.0 Å². The summed E-state index contributed by atoms with van der Waals surface area (Å²) in [6.45, 7) is 3.81. The molecule has 26 heavy (non-hydrogen) atoms. The van der Waals surface area contributed by atoms with Crippen molar-refractivity contribution < 1.29 is 14.7 Å². The number of hydrogen-bond donors (Lipinski definition) is 1. The molecule has 0 spiro atoms. The van der Waals surface area contributed by atoms with Gasteiger partial charge in [0.25, 0.3) is 0 Å². The number of hydrogen-bond acceptors (Lipinski definition) is 4. The number of carboxylic acids is 1. The lowest BCUT2D eigenvalue weighted by Gasteiger charge is -2.23. The molecule has 1 N–H and O–H groups in total. The standard InChI is InChI=1S/C21H27NO3S/c1-3-4-5-9-12-21(2,20(24)25)14-18(23)13-17-15-26-19(22-17)16-10-7-6-8-11-16/h6-8,10-11,15H,3-5,9,12-14H2,1-2H3,(H,24,25). The van der Waals surface area contributed by atoms with Gasteiger partial charge in [-0.25, -0.2) is 4.98 Å². The highest BCUT2D eigenvalue weighted by atomic mass is 32.1. The van der Waals surface area contributed by atoms with E-state index in [4.69, 9.17) is 0 Å². The number of aromatic nitrogens is 1. The van der Waals surface area contributed by atoms with Crippen LogP contribution in [-0.4, -0.2) is 21.8 Å². The van der Waals surface area contributed by atoms with Gasteiger partial charge in [0.1, 0.15) is 10.8 Å². The summed E-state index contributed by atoms with van der Waals surface area (Å²) < 4.78 is 0. The second kappa shape index (κ2) is 9.62. The van der Waals surface area contributed by atoms with Crippen molar-refractivity contribution in [1.82, 2.24) is 4.98 Å². The SMILES string of the molecule is CCCCCCC(C)(CC(=O)Cc1csc(-c2ccccc2)n1)C(=O)O. The summed E-state index contributed by atoms with van der Waals surface area (Å²) in [5.74, 6) is -0.944. The van der Waals surface area contributed by atoms with Crippen molar-refractivity contribution in [2.75, 3.05) is 0 Å². The Balaban J connectivity index is 1.95. The molecule has 4 nitrogen and oxygen atoms in total. The molecule has 1 atom stereocenters. The van der Waals surface area contributed by atoms with Crippen molar-refractivity contribution >= 4 is 23.1 Å². The highest BCUT2D eigenvalue weighted by Crippen LogP contribution is 2.31. The molecule has 2 aromatic rings. The molecule has 0 saturated carbocycles. The van der Waals surface area contributed by atoms with Crippen LogP contribution in [0.15, 0.2) is 35.7 Å². The summed E-state index contributed by atoms with van der Waals surface area (Å²) in [5, 5.41) is 12.4. The van der Waals surface area contributed by atoms with Crippen LogP contribution in [0.25, 0.3) is 10.6 Å². The first kappa shape index (κ1) is 20.3. The average molecular weight is 374 g/mol. The summed E-state index contributed by atoms with van der Waals surface area (Å²) in [4.78, 5) is 28.7. The van der Waals surface area contributed by atoms with Crippen LogP contribution in [0.5, 0.6) is 0 Å². The van der Waals surface area contributed by atoms with Crippen LogP contribution in [0.3, 0.4) is 0 Å². The van der Waals surface area contributed by atoms with Gasteiger partial charge in [0.15, 0.2) is 0 Å². The Morgan fingerprint density at radius 3 is 2.54 bits per heavy atom. The average Bonchev–Trinajstić information content (AvgIpc) is 3.07. The zero-order valence-electron chi connectivity index (χ0n) is 15.5. The van der Waals surface area contributed by atoms with E-state index < -0.39 is 11.4 Å². The minimum Gasteiger partial charge on any atom is -0.481 e. The first-order chi connectivity index (χ1) is 12.4. The lowest BCUT2D eigenvalue weighted by Crippen LogP contribution is -2.31. The van der Waals surface area contributed by atoms with E-state index in [0.717, 1.165) is 41.9 Å². The maximum Gasteiger partial charge on any atom is 0.309 e. The van der Waals surface area contributed by atoms with Crippen LogP contribution in [0.4, 0.5) is 0 Å². The number of carbonyl (C=O) groups is 2. The molecule has 0 amide bonds. The van der Waals surface area contributed by atoms with Crippen LogP contribution in [0, 0.1) is 5.41 Å². The molecular weight excluding hydrogens is 346 g/mol. The number of thiazole rings is 1. The molecule has 140 valence electrons. The topological polar surface area (TPSA) is 67.3 Å². The van der Waals surface area contributed by atoms with E-state index in [1.54, 1.807) is 6.92 Å². The van der Waals surface area contributed by atoms with Gasteiger partial charge in [0.05, 0.1) is 11.1 Å². The smallest absolute Gasteiger partial charge is 0.309 e. The molecule has 1 aromatic heterocycles. The van der Waals surface area contributed by atoms with E-state index in [1.807, 2.05) is 35.7 Å². The van der Waals surface area contributed by atoms with Gasteiger partial charge in [-0.3, -0.25) is 9.59 Å². The quantitative estimate of drug-likeness (QED) is 0.537. The molecule has 0 bridgehead atoms. The third kappa shape index (κ3) is 5.77. The fraction of sp³-hybridized carbons (Fsp3) is 0.476. The van der Waals surface area contributed by atoms with Crippen LogP contribution < -0.4 is 0 Å². The first-order valence-corrected chi connectivity index (χ1v) is 10.1. The van der Waals surface area contributed by atoms with Gasteiger partial charge in [-0.2, -0.15) is 0 Å². The Hall–Kier alpha value is -2.01. The first-order valence-electron chi connectivity index (χ1n) is 9.19. The van der Waals surface area contributed by atoms with Crippen LogP contribution in [0.1, 0.15) is 58.1 Å². The van der Waals surface area contributed by atoms with Crippen LogP contribution in [0.2, 0.25) is 0 Å². The summed E-state index contributed by atoms with van der Waals surface area (Å²) in [7, 11) is 0. The van der Waals surface area contributed by atoms with Crippen molar-refractivity contribution in [3.05, 3.63) is 41.4 Å². The Morgan fingerprint density at radius 1 is 1.15 bits per heavy atom. The van der Waals surface area contributed by atoms with Gasteiger partial charge < -0.3 is 5.11 Å². The van der Waals surface area contributed by atoms with Crippen LogP contribution >= 0.6 is 11.3 Å². The van der Waals surface area contributed by atoms with Crippen molar-refractivity contribution in [2.45, 2.75) is 58.8 Å². The number of nitrogens with zero attached hydrogens (tertiary/aromatic N) is 1. The highest BCUT2D eigenvalue weighted by molar-refractivity contribution is 7.13. The molecule has 0 aliphatic rings. The molecule has 0 aliphatic heterocycles. The third-order valence-electron chi connectivity index (χ3n) is 4.64. The number of aliphatic carboxylic acids is 1. The maximum absolute atomic E-state index is 12.5. The number of rotatable bonds is 11. The van der Waals surface area contributed by atoms with E-state index in [9.17, 15) is 14.7 Å². The number of carbonyl (C=O) groups excluding carboxylic acids is 1. The maximum atomic E-state index is 12.5. The fourth-order valence-electron chi connectivity index (χ4n) is 3.01. The number of benzene rings is 1. The van der Waals surface area contributed by atoms with E-state index in [2.05, 4.69) is 11.9 Å². The zero-order valence-corrected chi connectivity index (χ0v) is 16.3. The van der Waals surface area contributed by atoms with Crippen molar-refractivity contribution in [3.63, 3.8) is 0 Å². The number of carboxylic acid groups (broad SMARTS) is 1. The largest absolute Gasteiger partial charge is 0.481 e. The van der Waals surface area contributed by atoms with Gasteiger partial charge in [0, 0.05) is 23.8 Å². The normalized spacial score (nSPS) is 13.3. The zero-order chi connectivity index (χ0) is 19.0. The third-order valence-corrected chi connectivity index (χ3v) is 5.58. The molecular formula is C21H27NO3S. The Labute approximate surface area is 159 Å². The molecule has 0 fully saturated rings. The summed E-state index contributed by atoms with van der Waals surface area (Å²) in [6.07, 6.45) is 4.87. The van der Waals surface area contributed by atoms with Gasteiger partial charge in [-0.15, -0.1) is 11.3 Å². The molecule has 1 aromatic carbocycles. The van der Waals surface area contributed by atoms with E-state index >= 15 is 0 Å². The van der Waals surface area contributed by atoms with E-state index in [1.165, 1.54) is 11.3 Å². The molecule has 1 heterocycles.